The Balaban J connectivity index is 1.86. The predicted molar refractivity (Wildman–Crippen MR) is 86.3 cm³/mol. The molecule has 0 aliphatic rings. The molecule has 0 saturated carbocycles. The highest BCUT2D eigenvalue weighted by Gasteiger charge is 2.08. The average molecular weight is 318 g/mol. The first-order valence-corrected chi connectivity index (χ1v) is 7.09. The van der Waals surface area contributed by atoms with Gasteiger partial charge >= 0.3 is 0 Å². The third-order valence-electron chi connectivity index (χ3n) is 3.21. The molecule has 0 radical (unpaired) electrons. The molecule has 2 aromatic rings. The number of carbonyl (C=O) groups is 1. The van der Waals surface area contributed by atoms with Gasteiger partial charge < -0.3 is 20.1 Å². The van der Waals surface area contributed by atoms with Crippen molar-refractivity contribution < 1.29 is 18.7 Å². The molecular weight excluding hydrogens is 299 g/mol. The highest BCUT2D eigenvalue weighted by Crippen LogP contribution is 2.28. The lowest BCUT2D eigenvalue weighted by Crippen LogP contribution is -2.27. The zero-order valence-electron chi connectivity index (χ0n) is 13.1. The van der Waals surface area contributed by atoms with Crippen LogP contribution < -0.4 is 20.1 Å². The van der Waals surface area contributed by atoms with E-state index in [1.54, 1.807) is 37.4 Å². The van der Waals surface area contributed by atoms with E-state index in [2.05, 4.69) is 10.6 Å². The Kier molecular flexibility index (Phi) is 5.94. The number of hydrogen-bond acceptors (Lipinski definition) is 4. The molecule has 122 valence electrons. The van der Waals surface area contributed by atoms with E-state index in [9.17, 15) is 9.18 Å². The van der Waals surface area contributed by atoms with Crippen LogP contribution in [0.25, 0.3) is 0 Å². The van der Waals surface area contributed by atoms with Gasteiger partial charge in [-0.05, 0) is 29.8 Å². The Hall–Kier alpha value is -2.60. The molecule has 5 nitrogen and oxygen atoms in total. The van der Waals surface area contributed by atoms with E-state index in [0.717, 1.165) is 5.56 Å². The van der Waals surface area contributed by atoms with Gasteiger partial charge in [0.05, 0.1) is 26.5 Å². The third-order valence-corrected chi connectivity index (χ3v) is 3.21. The first kappa shape index (κ1) is 16.8. The quantitative estimate of drug-likeness (QED) is 0.824. The van der Waals surface area contributed by atoms with E-state index in [-0.39, 0.29) is 18.3 Å². The molecule has 1 amide bonds. The fraction of sp³-hybridized carbons (Fsp3) is 0.235. The van der Waals surface area contributed by atoms with Gasteiger partial charge in [-0.1, -0.05) is 12.1 Å². The summed E-state index contributed by atoms with van der Waals surface area (Å²) in [6.07, 6.45) is 0. The molecule has 23 heavy (non-hydrogen) atoms. The number of rotatable bonds is 7. The monoisotopic (exact) mass is 318 g/mol. The maximum atomic E-state index is 12.8. The number of nitrogens with one attached hydrogen (secondary N) is 2. The Labute approximate surface area is 134 Å². The van der Waals surface area contributed by atoms with Gasteiger partial charge in [0, 0.05) is 12.6 Å². The second-order valence-corrected chi connectivity index (χ2v) is 4.84. The fourth-order valence-electron chi connectivity index (χ4n) is 2.02. The zero-order valence-corrected chi connectivity index (χ0v) is 13.1. The van der Waals surface area contributed by atoms with Crippen molar-refractivity contribution in [2.75, 3.05) is 26.1 Å². The topological polar surface area (TPSA) is 59.6 Å². The van der Waals surface area contributed by atoms with Crippen LogP contribution in [0.2, 0.25) is 0 Å². The lowest BCUT2D eigenvalue weighted by molar-refractivity contribution is -0.115. The molecule has 0 unspecified atom stereocenters. The summed E-state index contributed by atoms with van der Waals surface area (Å²) in [6.45, 7) is 0.611. The van der Waals surface area contributed by atoms with Crippen molar-refractivity contribution in [2.45, 2.75) is 6.54 Å². The molecule has 0 fully saturated rings. The summed E-state index contributed by atoms with van der Waals surface area (Å²) in [5, 5.41) is 5.77. The van der Waals surface area contributed by atoms with Crippen LogP contribution in [0.3, 0.4) is 0 Å². The van der Waals surface area contributed by atoms with Gasteiger partial charge in [-0.15, -0.1) is 0 Å². The molecule has 6 heteroatoms. The van der Waals surface area contributed by atoms with Crippen molar-refractivity contribution in [3.63, 3.8) is 0 Å². The van der Waals surface area contributed by atoms with Crippen LogP contribution in [0.4, 0.5) is 10.1 Å². The van der Waals surface area contributed by atoms with Gasteiger partial charge in [0.2, 0.25) is 5.91 Å². The minimum Gasteiger partial charge on any atom is -0.497 e. The summed E-state index contributed by atoms with van der Waals surface area (Å²) in [5.41, 5.74) is 1.48. The standard InChI is InChI=1S/C17H19FN2O3/c1-22-14-7-8-15(16(9-14)23-2)20-17(21)11-19-10-12-3-5-13(18)6-4-12/h3-9,19H,10-11H2,1-2H3,(H,20,21). The molecule has 2 N–H and O–H groups in total. The molecule has 0 atom stereocenters. The van der Waals surface area contributed by atoms with Crippen molar-refractivity contribution >= 4 is 11.6 Å². The van der Waals surface area contributed by atoms with Gasteiger partial charge in [-0.2, -0.15) is 0 Å². The second-order valence-electron chi connectivity index (χ2n) is 4.84. The van der Waals surface area contributed by atoms with Crippen LogP contribution in [0.5, 0.6) is 11.5 Å². The molecule has 0 aliphatic carbocycles. The van der Waals surface area contributed by atoms with E-state index >= 15 is 0 Å². The van der Waals surface area contributed by atoms with E-state index in [1.165, 1.54) is 19.2 Å². The molecule has 0 saturated heterocycles. The van der Waals surface area contributed by atoms with Crippen molar-refractivity contribution in [1.82, 2.24) is 5.32 Å². The maximum absolute atomic E-state index is 12.8. The lowest BCUT2D eigenvalue weighted by Gasteiger charge is -2.12. The van der Waals surface area contributed by atoms with Gasteiger partial charge in [-0.25, -0.2) is 4.39 Å². The number of ether oxygens (including phenoxy) is 2. The van der Waals surface area contributed by atoms with Gasteiger partial charge in [0.25, 0.3) is 0 Å². The van der Waals surface area contributed by atoms with E-state index < -0.39 is 0 Å². The van der Waals surface area contributed by atoms with Crippen molar-refractivity contribution in [1.29, 1.82) is 0 Å². The van der Waals surface area contributed by atoms with E-state index in [4.69, 9.17) is 9.47 Å². The number of carbonyl (C=O) groups excluding carboxylic acids is 1. The number of hydrogen-bond donors (Lipinski definition) is 2. The summed E-state index contributed by atoms with van der Waals surface area (Å²) in [6, 6.07) is 11.3. The van der Waals surface area contributed by atoms with Crippen LogP contribution in [-0.2, 0) is 11.3 Å². The SMILES string of the molecule is COc1ccc(NC(=O)CNCc2ccc(F)cc2)c(OC)c1. The number of halogens is 1. The number of amides is 1. The third kappa shape index (κ3) is 4.96. The summed E-state index contributed by atoms with van der Waals surface area (Å²) >= 11 is 0. The smallest absolute Gasteiger partial charge is 0.238 e. The Morgan fingerprint density at radius 1 is 1.09 bits per heavy atom. The minimum atomic E-state index is -0.280. The normalized spacial score (nSPS) is 10.2. The van der Waals surface area contributed by atoms with E-state index in [1.807, 2.05) is 0 Å². The Bertz CT molecular complexity index is 659. The van der Waals surface area contributed by atoms with E-state index in [0.29, 0.717) is 23.7 Å². The molecule has 0 aromatic heterocycles. The summed E-state index contributed by atoms with van der Waals surface area (Å²) < 4.78 is 23.1. The number of benzene rings is 2. The first-order valence-electron chi connectivity index (χ1n) is 7.09. The second kappa shape index (κ2) is 8.14. The molecule has 0 spiro atoms. The minimum absolute atomic E-state index is 0.132. The van der Waals surface area contributed by atoms with Crippen molar-refractivity contribution in [3.8, 4) is 11.5 Å². The van der Waals surface area contributed by atoms with Crippen LogP contribution in [-0.4, -0.2) is 26.7 Å². The molecular formula is C17H19FN2O3. The molecule has 0 heterocycles. The summed E-state index contributed by atoms with van der Waals surface area (Å²) in [5.74, 6) is 0.694. The van der Waals surface area contributed by atoms with Gasteiger partial charge in [0.1, 0.15) is 17.3 Å². The van der Waals surface area contributed by atoms with Gasteiger partial charge in [-0.3, -0.25) is 4.79 Å². The van der Waals surface area contributed by atoms with Gasteiger partial charge in [0.15, 0.2) is 0 Å². The van der Waals surface area contributed by atoms with Crippen LogP contribution in [0, 0.1) is 5.82 Å². The summed E-state index contributed by atoms with van der Waals surface area (Å²) in [4.78, 5) is 12.0. The van der Waals surface area contributed by atoms with Crippen molar-refractivity contribution in [3.05, 3.63) is 53.8 Å². The highest BCUT2D eigenvalue weighted by molar-refractivity contribution is 5.93. The van der Waals surface area contributed by atoms with Crippen LogP contribution >= 0.6 is 0 Å². The number of methoxy groups -OCH3 is 2. The maximum Gasteiger partial charge on any atom is 0.238 e. The Morgan fingerprint density at radius 2 is 1.83 bits per heavy atom. The first-order chi connectivity index (χ1) is 11.1. The molecule has 0 aliphatic heterocycles. The predicted octanol–water partition coefficient (Wildman–Crippen LogP) is 2.57. The van der Waals surface area contributed by atoms with Crippen LogP contribution in [0.15, 0.2) is 42.5 Å². The molecule has 0 bridgehead atoms. The highest BCUT2D eigenvalue weighted by atomic mass is 19.1. The fourth-order valence-corrected chi connectivity index (χ4v) is 2.02. The average Bonchev–Trinajstić information content (AvgIpc) is 2.57. The van der Waals surface area contributed by atoms with Crippen molar-refractivity contribution in [2.24, 2.45) is 0 Å². The van der Waals surface area contributed by atoms with Crippen LogP contribution in [0.1, 0.15) is 5.56 Å². The number of anilines is 1. The summed E-state index contributed by atoms with van der Waals surface area (Å²) in [7, 11) is 3.09. The lowest BCUT2D eigenvalue weighted by atomic mass is 10.2. The Morgan fingerprint density at radius 3 is 2.48 bits per heavy atom. The molecule has 2 aromatic carbocycles. The largest absolute Gasteiger partial charge is 0.497 e. The zero-order chi connectivity index (χ0) is 16.7. The molecule has 2 rings (SSSR count).